The summed E-state index contributed by atoms with van der Waals surface area (Å²) in [4.78, 5) is 22.9. The molecule has 1 aromatic carbocycles. The summed E-state index contributed by atoms with van der Waals surface area (Å²) in [5.74, 6) is -0.575. The van der Waals surface area contributed by atoms with Crippen LogP contribution < -0.4 is 10.6 Å². The molecule has 0 aliphatic carbocycles. The van der Waals surface area contributed by atoms with Gasteiger partial charge in [-0.25, -0.2) is 0 Å². The van der Waals surface area contributed by atoms with Gasteiger partial charge in [-0.2, -0.15) is 13.2 Å². The van der Waals surface area contributed by atoms with Gasteiger partial charge in [0.15, 0.2) is 0 Å². The van der Waals surface area contributed by atoms with E-state index in [2.05, 4.69) is 10.6 Å². The molecule has 0 radical (unpaired) electrons. The van der Waals surface area contributed by atoms with Crippen LogP contribution in [0.2, 0.25) is 0 Å². The van der Waals surface area contributed by atoms with Crippen LogP contribution in [0.15, 0.2) is 24.3 Å². The van der Waals surface area contributed by atoms with Crippen molar-refractivity contribution in [3.8, 4) is 0 Å². The van der Waals surface area contributed by atoms with E-state index in [1.165, 1.54) is 13.0 Å². The highest BCUT2D eigenvalue weighted by Gasteiger charge is 2.33. The van der Waals surface area contributed by atoms with Crippen LogP contribution in [-0.4, -0.2) is 18.4 Å². The van der Waals surface area contributed by atoms with Crippen molar-refractivity contribution in [2.24, 2.45) is 5.41 Å². The van der Waals surface area contributed by atoms with Crippen molar-refractivity contribution in [1.82, 2.24) is 10.6 Å². The summed E-state index contributed by atoms with van der Waals surface area (Å²) in [6, 6.07) is 4.38. The molecule has 0 spiro atoms. The molecular weight excluding hydrogens is 321 g/mol. The Morgan fingerprint density at radius 1 is 1.17 bits per heavy atom. The van der Waals surface area contributed by atoms with Crippen LogP contribution in [0.4, 0.5) is 13.2 Å². The Labute approximate surface area is 139 Å². The first-order chi connectivity index (χ1) is 10.9. The summed E-state index contributed by atoms with van der Waals surface area (Å²) >= 11 is 0. The van der Waals surface area contributed by atoms with Gasteiger partial charge >= 0.3 is 6.18 Å². The largest absolute Gasteiger partial charge is 0.416 e. The van der Waals surface area contributed by atoms with Crippen molar-refractivity contribution in [3.05, 3.63) is 35.4 Å². The van der Waals surface area contributed by atoms with Gasteiger partial charge in [0.05, 0.1) is 11.6 Å². The van der Waals surface area contributed by atoms with E-state index >= 15 is 0 Å². The number of hydrogen-bond donors (Lipinski definition) is 2. The zero-order chi connectivity index (χ0) is 18.5. The lowest BCUT2D eigenvalue weighted by molar-refractivity contribution is -0.137. The van der Waals surface area contributed by atoms with Gasteiger partial charge in [-0.05, 0) is 23.1 Å². The van der Waals surface area contributed by atoms with E-state index in [0.717, 1.165) is 12.1 Å². The molecule has 24 heavy (non-hydrogen) atoms. The minimum atomic E-state index is -4.44. The van der Waals surface area contributed by atoms with Crippen LogP contribution in [0.5, 0.6) is 0 Å². The van der Waals surface area contributed by atoms with Crippen molar-refractivity contribution < 1.29 is 22.8 Å². The third-order valence-corrected chi connectivity index (χ3v) is 3.44. The molecule has 2 N–H and O–H groups in total. The Hall–Kier alpha value is -2.05. The molecular formula is C17H23F3N2O2. The first-order valence-corrected chi connectivity index (χ1v) is 7.62. The lowest BCUT2D eigenvalue weighted by Gasteiger charge is -2.32. The topological polar surface area (TPSA) is 58.2 Å². The maximum absolute atomic E-state index is 12.9. The SMILES string of the molecule is CC(=O)NCCC(=O)NC(c1cccc(C(F)(F)F)c1)C(C)(C)C. The van der Waals surface area contributed by atoms with Crippen LogP contribution in [0, 0.1) is 5.41 Å². The highest BCUT2D eigenvalue weighted by atomic mass is 19.4. The van der Waals surface area contributed by atoms with E-state index in [1.807, 2.05) is 20.8 Å². The Kier molecular flexibility index (Phi) is 6.40. The first-order valence-electron chi connectivity index (χ1n) is 7.62. The number of nitrogens with one attached hydrogen (secondary N) is 2. The molecule has 0 bridgehead atoms. The average Bonchev–Trinajstić information content (AvgIpc) is 2.42. The van der Waals surface area contributed by atoms with E-state index in [4.69, 9.17) is 0 Å². The second-order valence-electron chi connectivity index (χ2n) is 6.72. The number of hydrogen-bond acceptors (Lipinski definition) is 2. The Morgan fingerprint density at radius 3 is 2.29 bits per heavy atom. The molecule has 0 heterocycles. The molecule has 0 aliphatic rings. The van der Waals surface area contributed by atoms with E-state index < -0.39 is 23.2 Å². The maximum Gasteiger partial charge on any atom is 0.416 e. The predicted octanol–water partition coefficient (Wildman–Crippen LogP) is 3.44. The standard InChI is InChI=1S/C17H23F3N2O2/c1-11(23)21-9-8-14(24)22-15(16(2,3)4)12-6-5-7-13(10-12)17(18,19)20/h5-7,10,15H,8-9H2,1-4H3,(H,21,23)(H,22,24). The molecule has 0 aliphatic heterocycles. The van der Waals surface area contributed by atoms with Gasteiger partial charge in [0.2, 0.25) is 11.8 Å². The number of benzene rings is 1. The van der Waals surface area contributed by atoms with Gasteiger partial charge in [-0.3, -0.25) is 9.59 Å². The van der Waals surface area contributed by atoms with Crippen molar-refractivity contribution in [2.75, 3.05) is 6.54 Å². The quantitative estimate of drug-likeness (QED) is 0.860. The van der Waals surface area contributed by atoms with Crippen molar-refractivity contribution in [3.63, 3.8) is 0 Å². The Bertz CT molecular complexity index is 592. The predicted molar refractivity (Wildman–Crippen MR) is 85.1 cm³/mol. The van der Waals surface area contributed by atoms with Gasteiger partial charge in [-0.15, -0.1) is 0 Å². The van der Waals surface area contributed by atoms with E-state index in [1.54, 1.807) is 6.07 Å². The van der Waals surface area contributed by atoms with E-state index in [-0.39, 0.29) is 24.8 Å². The Morgan fingerprint density at radius 2 is 1.79 bits per heavy atom. The number of carbonyl (C=O) groups excluding carboxylic acids is 2. The van der Waals surface area contributed by atoms with Crippen LogP contribution >= 0.6 is 0 Å². The summed E-state index contributed by atoms with van der Waals surface area (Å²) in [5, 5.41) is 5.28. The molecule has 134 valence electrons. The second kappa shape index (κ2) is 7.68. The molecule has 1 aromatic rings. The minimum Gasteiger partial charge on any atom is -0.356 e. The van der Waals surface area contributed by atoms with Crippen LogP contribution in [0.25, 0.3) is 0 Å². The molecule has 2 amide bonds. The minimum absolute atomic E-state index is 0.0606. The smallest absolute Gasteiger partial charge is 0.356 e. The molecule has 0 fully saturated rings. The molecule has 0 saturated heterocycles. The maximum atomic E-state index is 12.9. The summed E-state index contributed by atoms with van der Waals surface area (Å²) in [6.45, 7) is 7.04. The number of amides is 2. The van der Waals surface area contributed by atoms with Gasteiger partial charge < -0.3 is 10.6 Å². The van der Waals surface area contributed by atoms with E-state index in [9.17, 15) is 22.8 Å². The molecule has 1 rings (SSSR count). The second-order valence-corrected chi connectivity index (χ2v) is 6.72. The highest BCUT2D eigenvalue weighted by Crippen LogP contribution is 2.36. The summed E-state index contributed by atoms with van der Waals surface area (Å²) in [5.41, 5.74) is -0.833. The lowest BCUT2D eigenvalue weighted by Crippen LogP contribution is -2.38. The van der Waals surface area contributed by atoms with Crippen molar-refractivity contribution in [2.45, 2.75) is 46.3 Å². The van der Waals surface area contributed by atoms with Gasteiger partial charge in [-0.1, -0.05) is 32.9 Å². The number of rotatable bonds is 5. The fourth-order valence-corrected chi connectivity index (χ4v) is 2.28. The average molecular weight is 344 g/mol. The molecule has 7 heteroatoms. The highest BCUT2D eigenvalue weighted by molar-refractivity contribution is 5.78. The van der Waals surface area contributed by atoms with Crippen molar-refractivity contribution in [1.29, 1.82) is 0 Å². The summed E-state index contributed by atoms with van der Waals surface area (Å²) in [6.07, 6.45) is -4.38. The molecule has 1 unspecified atom stereocenters. The molecule has 4 nitrogen and oxygen atoms in total. The third kappa shape index (κ3) is 6.22. The van der Waals surface area contributed by atoms with Crippen LogP contribution in [0.1, 0.15) is 51.3 Å². The number of alkyl halides is 3. The summed E-state index contributed by atoms with van der Waals surface area (Å²) < 4.78 is 38.7. The van der Waals surface area contributed by atoms with Crippen molar-refractivity contribution >= 4 is 11.8 Å². The van der Waals surface area contributed by atoms with E-state index in [0.29, 0.717) is 5.56 Å². The first kappa shape index (κ1) is 20.0. The normalized spacial score (nSPS) is 13.3. The number of halogens is 3. The zero-order valence-corrected chi connectivity index (χ0v) is 14.3. The van der Waals surface area contributed by atoms with Crippen LogP contribution in [0.3, 0.4) is 0 Å². The van der Waals surface area contributed by atoms with Gasteiger partial charge in [0, 0.05) is 19.9 Å². The third-order valence-electron chi connectivity index (χ3n) is 3.44. The monoisotopic (exact) mass is 344 g/mol. The molecule has 1 atom stereocenters. The molecule has 0 saturated carbocycles. The molecule has 0 aromatic heterocycles. The fraction of sp³-hybridized carbons (Fsp3) is 0.529. The summed E-state index contributed by atoms with van der Waals surface area (Å²) in [7, 11) is 0. The van der Waals surface area contributed by atoms with Gasteiger partial charge in [0.25, 0.3) is 0 Å². The fourth-order valence-electron chi connectivity index (χ4n) is 2.28. The van der Waals surface area contributed by atoms with Crippen LogP contribution in [-0.2, 0) is 15.8 Å². The van der Waals surface area contributed by atoms with Gasteiger partial charge in [0.1, 0.15) is 0 Å². The lowest BCUT2D eigenvalue weighted by atomic mass is 9.82. The Balaban J connectivity index is 2.95. The zero-order valence-electron chi connectivity index (χ0n) is 14.3. The number of carbonyl (C=O) groups is 2.